The Balaban J connectivity index is 1.47. The van der Waals surface area contributed by atoms with Crippen molar-refractivity contribution in [1.29, 1.82) is 0 Å². The normalized spacial score (nSPS) is 11.2. The molecular weight excluding hydrogens is 609 g/mol. The first-order valence-electron chi connectivity index (χ1n) is 13.1. The SMILES string of the molecule is Cc1cc(CCC(=O)Nc2cc(I)cnc2N)nc(NC(c2ccccc2)(c2ccccc2)c2ccccc2)c1. The van der Waals surface area contributed by atoms with Gasteiger partial charge < -0.3 is 16.4 Å². The molecule has 5 aromatic rings. The van der Waals surface area contributed by atoms with Gasteiger partial charge in [-0.25, -0.2) is 9.97 Å². The lowest BCUT2D eigenvalue weighted by Crippen LogP contribution is -2.38. The second-order valence-corrected chi connectivity index (χ2v) is 10.9. The molecule has 0 unspecified atom stereocenters. The number of rotatable bonds is 9. The summed E-state index contributed by atoms with van der Waals surface area (Å²) in [4.78, 5) is 21.9. The third-order valence-corrected chi connectivity index (χ3v) is 7.32. The molecule has 3 aromatic carbocycles. The van der Waals surface area contributed by atoms with Crippen LogP contribution in [0.4, 0.5) is 17.3 Å². The molecule has 0 aliphatic carbocycles. The van der Waals surface area contributed by atoms with Crippen LogP contribution in [0.1, 0.15) is 34.4 Å². The van der Waals surface area contributed by atoms with Crippen LogP contribution >= 0.6 is 22.6 Å². The lowest BCUT2D eigenvalue weighted by atomic mass is 9.77. The highest BCUT2D eigenvalue weighted by molar-refractivity contribution is 14.1. The van der Waals surface area contributed by atoms with Gasteiger partial charge in [-0.1, -0.05) is 91.0 Å². The largest absolute Gasteiger partial charge is 0.382 e. The van der Waals surface area contributed by atoms with Crippen molar-refractivity contribution in [3.05, 3.63) is 147 Å². The first-order valence-corrected chi connectivity index (χ1v) is 14.1. The van der Waals surface area contributed by atoms with E-state index in [2.05, 4.69) is 111 Å². The molecule has 0 fully saturated rings. The molecule has 2 heterocycles. The number of aryl methyl sites for hydroxylation is 2. The van der Waals surface area contributed by atoms with Gasteiger partial charge in [-0.05, 0) is 76.4 Å². The Labute approximate surface area is 248 Å². The predicted octanol–water partition coefficient (Wildman–Crippen LogP) is 6.95. The van der Waals surface area contributed by atoms with Gasteiger partial charge in [0.05, 0.1) is 5.69 Å². The molecule has 0 saturated carbocycles. The summed E-state index contributed by atoms with van der Waals surface area (Å²) in [5.74, 6) is 0.895. The highest BCUT2D eigenvalue weighted by Crippen LogP contribution is 2.39. The van der Waals surface area contributed by atoms with Crippen molar-refractivity contribution in [2.24, 2.45) is 0 Å². The number of carbonyl (C=O) groups excluding carboxylic acids is 1. The summed E-state index contributed by atoms with van der Waals surface area (Å²) in [6.07, 6.45) is 2.41. The monoisotopic (exact) mass is 639 g/mol. The molecule has 0 aliphatic rings. The van der Waals surface area contributed by atoms with Crippen LogP contribution in [0.2, 0.25) is 0 Å². The van der Waals surface area contributed by atoms with Crippen LogP contribution in [0.3, 0.4) is 0 Å². The first-order chi connectivity index (χ1) is 19.4. The maximum Gasteiger partial charge on any atom is 0.224 e. The Morgan fingerprint density at radius 2 is 1.40 bits per heavy atom. The number of nitrogen functional groups attached to an aromatic ring is 1. The molecule has 0 atom stereocenters. The maximum atomic E-state index is 12.8. The van der Waals surface area contributed by atoms with Gasteiger partial charge in [0.2, 0.25) is 5.91 Å². The average Bonchev–Trinajstić information content (AvgIpc) is 2.98. The fraction of sp³-hybridized carbons (Fsp3) is 0.121. The number of benzene rings is 3. The lowest BCUT2D eigenvalue weighted by Gasteiger charge is -2.37. The maximum absolute atomic E-state index is 12.8. The zero-order valence-corrected chi connectivity index (χ0v) is 24.3. The molecule has 200 valence electrons. The number of hydrogen-bond donors (Lipinski definition) is 3. The van der Waals surface area contributed by atoms with Crippen molar-refractivity contribution < 1.29 is 4.79 Å². The highest BCUT2D eigenvalue weighted by Gasteiger charge is 2.36. The molecule has 0 spiro atoms. The van der Waals surface area contributed by atoms with E-state index in [0.29, 0.717) is 17.9 Å². The summed E-state index contributed by atoms with van der Waals surface area (Å²) in [5.41, 5.74) is 11.0. The molecule has 7 heteroatoms. The molecule has 6 nitrogen and oxygen atoms in total. The number of nitrogens with zero attached hydrogens (tertiary/aromatic N) is 2. The van der Waals surface area contributed by atoms with E-state index in [0.717, 1.165) is 37.3 Å². The zero-order chi connectivity index (χ0) is 28.0. The average molecular weight is 640 g/mol. The summed E-state index contributed by atoms with van der Waals surface area (Å²) in [7, 11) is 0. The number of nitrogens with one attached hydrogen (secondary N) is 2. The number of pyridine rings is 2. The smallest absolute Gasteiger partial charge is 0.224 e. The second-order valence-electron chi connectivity index (χ2n) is 9.63. The number of halogens is 1. The summed E-state index contributed by atoms with van der Waals surface area (Å²) in [5, 5.41) is 6.71. The molecule has 4 N–H and O–H groups in total. The molecule has 0 bridgehead atoms. The van der Waals surface area contributed by atoms with Crippen LogP contribution in [-0.2, 0) is 16.8 Å². The van der Waals surface area contributed by atoms with Crippen molar-refractivity contribution in [1.82, 2.24) is 9.97 Å². The van der Waals surface area contributed by atoms with Gasteiger partial charge in [0.1, 0.15) is 17.2 Å². The fourth-order valence-corrected chi connectivity index (χ4v) is 5.36. The Hall–Kier alpha value is -4.24. The summed E-state index contributed by atoms with van der Waals surface area (Å²) < 4.78 is 0.900. The molecule has 2 aromatic heterocycles. The van der Waals surface area contributed by atoms with Gasteiger partial charge in [-0.3, -0.25) is 4.79 Å². The van der Waals surface area contributed by atoms with Crippen molar-refractivity contribution in [2.45, 2.75) is 25.3 Å². The van der Waals surface area contributed by atoms with Crippen LogP contribution in [-0.4, -0.2) is 15.9 Å². The molecule has 0 aliphatic heterocycles. The van der Waals surface area contributed by atoms with E-state index in [1.165, 1.54) is 0 Å². The van der Waals surface area contributed by atoms with Gasteiger partial charge >= 0.3 is 0 Å². The Bertz CT molecular complexity index is 1500. The number of amides is 1. The molecular formula is C33H30IN5O. The zero-order valence-electron chi connectivity index (χ0n) is 22.1. The van der Waals surface area contributed by atoms with Gasteiger partial charge in [0.15, 0.2) is 0 Å². The van der Waals surface area contributed by atoms with Gasteiger partial charge in [-0.2, -0.15) is 0 Å². The van der Waals surface area contributed by atoms with Gasteiger partial charge in [0, 0.05) is 21.9 Å². The second kappa shape index (κ2) is 12.3. The molecule has 0 saturated heterocycles. The Kier molecular flexibility index (Phi) is 8.40. The van der Waals surface area contributed by atoms with Crippen LogP contribution in [0, 0.1) is 10.5 Å². The van der Waals surface area contributed by atoms with Crippen molar-refractivity contribution in [2.75, 3.05) is 16.4 Å². The van der Waals surface area contributed by atoms with Gasteiger partial charge in [0.25, 0.3) is 0 Å². The lowest BCUT2D eigenvalue weighted by molar-refractivity contribution is -0.116. The van der Waals surface area contributed by atoms with Crippen molar-refractivity contribution in [3.8, 4) is 0 Å². The quantitative estimate of drug-likeness (QED) is 0.120. The molecule has 40 heavy (non-hydrogen) atoms. The number of anilines is 3. The first kappa shape index (κ1) is 27.3. The van der Waals surface area contributed by atoms with E-state index in [1.54, 1.807) is 6.20 Å². The fourth-order valence-electron chi connectivity index (χ4n) is 4.91. The molecule has 5 rings (SSSR count). The minimum absolute atomic E-state index is 0.138. The van der Waals surface area contributed by atoms with E-state index in [1.807, 2.05) is 43.3 Å². The number of carbonyl (C=O) groups is 1. The molecule has 1 amide bonds. The third kappa shape index (κ3) is 6.15. The highest BCUT2D eigenvalue weighted by atomic mass is 127. The number of hydrogen-bond acceptors (Lipinski definition) is 5. The Morgan fingerprint density at radius 3 is 1.95 bits per heavy atom. The van der Waals surface area contributed by atoms with Crippen LogP contribution in [0.25, 0.3) is 0 Å². The van der Waals surface area contributed by atoms with Crippen molar-refractivity contribution >= 4 is 45.8 Å². The summed E-state index contributed by atoms with van der Waals surface area (Å²) >= 11 is 2.14. The standard InChI is InChI=1S/C33H30IN5O/c1-23-19-28(17-18-31(40)38-29-21-27(34)22-36-32(29)35)37-30(20-23)39-33(24-11-5-2-6-12-24,25-13-7-3-8-14-25)26-15-9-4-10-16-26/h2-16,19-22H,17-18H2,1H3,(H2,35,36)(H,37,39)(H,38,40). The van der Waals surface area contributed by atoms with Crippen molar-refractivity contribution in [3.63, 3.8) is 0 Å². The predicted molar refractivity (Wildman–Crippen MR) is 170 cm³/mol. The minimum atomic E-state index is -0.686. The summed E-state index contributed by atoms with van der Waals surface area (Å²) in [6.45, 7) is 2.05. The number of aromatic nitrogens is 2. The minimum Gasteiger partial charge on any atom is -0.382 e. The van der Waals surface area contributed by atoms with Crippen LogP contribution < -0.4 is 16.4 Å². The van der Waals surface area contributed by atoms with E-state index < -0.39 is 5.54 Å². The van der Waals surface area contributed by atoms with Crippen LogP contribution in [0.5, 0.6) is 0 Å². The topological polar surface area (TPSA) is 92.9 Å². The number of nitrogens with two attached hydrogens (primary N) is 1. The van der Waals surface area contributed by atoms with E-state index in [9.17, 15) is 4.79 Å². The third-order valence-electron chi connectivity index (χ3n) is 6.73. The van der Waals surface area contributed by atoms with E-state index in [-0.39, 0.29) is 12.3 Å². The van der Waals surface area contributed by atoms with Crippen LogP contribution in [0.15, 0.2) is 115 Å². The van der Waals surface area contributed by atoms with E-state index >= 15 is 0 Å². The molecule has 0 radical (unpaired) electrons. The Morgan fingerprint density at radius 1 is 0.850 bits per heavy atom. The van der Waals surface area contributed by atoms with E-state index in [4.69, 9.17) is 10.7 Å². The summed E-state index contributed by atoms with van der Waals surface area (Å²) in [6, 6.07) is 37.1. The van der Waals surface area contributed by atoms with Gasteiger partial charge in [-0.15, -0.1) is 0 Å².